The standard InChI is InChI=1S/C12H17N5/c1-5-8-9(6-2)16(3)12(14-8)10-7-11(13)15-17(10)4/h5-6,10H,1-2,7H2,3-4H3,(H2,13,15). The summed E-state index contributed by atoms with van der Waals surface area (Å²) in [6.07, 6.45) is 4.22. The lowest BCUT2D eigenvalue weighted by atomic mass is 10.2. The van der Waals surface area contributed by atoms with E-state index in [1.165, 1.54) is 0 Å². The summed E-state index contributed by atoms with van der Waals surface area (Å²) in [5, 5.41) is 6.05. The number of imidazole rings is 1. The summed E-state index contributed by atoms with van der Waals surface area (Å²) in [5.74, 6) is 1.57. The van der Waals surface area contributed by atoms with Gasteiger partial charge in [0.15, 0.2) is 0 Å². The van der Waals surface area contributed by atoms with Gasteiger partial charge >= 0.3 is 0 Å². The molecule has 0 spiro atoms. The highest BCUT2D eigenvalue weighted by Crippen LogP contribution is 2.28. The summed E-state index contributed by atoms with van der Waals surface area (Å²) in [6.45, 7) is 7.56. The van der Waals surface area contributed by atoms with E-state index in [1.807, 2.05) is 23.7 Å². The van der Waals surface area contributed by atoms with E-state index in [4.69, 9.17) is 5.73 Å². The summed E-state index contributed by atoms with van der Waals surface area (Å²) in [4.78, 5) is 4.57. The molecule has 5 heteroatoms. The van der Waals surface area contributed by atoms with Crippen molar-refractivity contribution in [2.24, 2.45) is 17.9 Å². The van der Waals surface area contributed by atoms with Crippen LogP contribution in [0.3, 0.4) is 0 Å². The van der Waals surface area contributed by atoms with Gasteiger partial charge in [-0.3, -0.25) is 5.01 Å². The maximum atomic E-state index is 5.74. The van der Waals surface area contributed by atoms with Crippen LogP contribution in [0.4, 0.5) is 0 Å². The molecule has 2 rings (SSSR count). The first kappa shape index (κ1) is 11.4. The smallest absolute Gasteiger partial charge is 0.134 e. The van der Waals surface area contributed by atoms with Crippen LogP contribution in [0.15, 0.2) is 18.3 Å². The summed E-state index contributed by atoms with van der Waals surface area (Å²) in [7, 11) is 3.87. The molecule has 2 N–H and O–H groups in total. The molecular formula is C12H17N5. The normalized spacial score (nSPS) is 19.3. The molecule has 0 aromatic carbocycles. The molecule has 1 aromatic heterocycles. The van der Waals surface area contributed by atoms with E-state index in [0.717, 1.165) is 17.2 Å². The average molecular weight is 231 g/mol. The summed E-state index contributed by atoms with van der Waals surface area (Å²) in [5.41, 5.74) is 7.55. The Balaban J connectivity index is 2.44. The SMILES string of the molecule is C=Cc1nc(C2CC(N)=NN2C)n(C)c1C=C. The molecule has 1 aliphatic rings. The number of hydrazone groups is 1. The van der Waals surface area contributed by atoms with Crippen LogP contribution in [-0.2, 0) is 7.05 Å². The zero-order valence-corrected chi connectivity index (χ0v) is 10.2. The van der Waals surface area contributed by atoms with Gasteiger partial charge in [0.1, 0.15) is 17.7 Å². The third-order valence-electron chi connectivity index (χ3n) is 3.03. The second-order valence-corrected chi connectivity index (χ2v) is 4.09. The monoisotopic (exact) mass is 231 g/mol. The van der Waals surface area contributed by atoms with E-state index in [9.17, 15) is 0 Å². The van der Waals surface area contributed by atoms with Crippen molar-refractivity contribution in [2.75, 3.05) is 7.05 Å². The van der Waals surface area contributed by atoms with Crippen molar-refractivity contribution in [1.29, 1.82) is 0 Å². The third kappa shape index (κ3) is 1.73. The highest BCUT2D eigenvalue weighted by Gasteiger charge is 2.28. The van der Waals surface area contributed by atoms with Gasteiger partial charge in [-0.05, 0) is 12.2 Å². The van der Waals surface area contributed by atoms with Gasteiger partial charge in [-0.25, -0.2) is 4.98 Å². The highest BCUT2D eigenvalue weighted by atomic mass is 15.5. The van der Waals surface area contributed by atoms with E-state index in [-0.39, 0.29) is 6.04 Å². The van der Waals surface area contributed by atoms with Crippen LogP contribution in [-0.4, -0.2) is 27.4 Å². The number of rotatable bonds is 3. The van der Waals surface area contributed by atoms with Gasteiger partial charge in [-0.1, -0.05) is 13.2 Å². The van der Waals surface area contributed by atoms with Crippen molar-refractivity contribution in [3.8, 4) is 0 Å². The van der Waals surface area contributed by atoms with E-state index in [1.54, 1.807) is 12.2 Å². The van der Waals surface area contributed by atoms with E-state index in [0.29, 0.717) is 12.3 Å². The van der Waals surface area contributed by atoms with Crippen LogP contribution in [0.2, 0.25) is 0 Å². The molecular weight excluding hydrogens is 214 g/mol. The fourth-order valence-electron chi connectivity index (χ4n) is 2.14. The molecule has 90 valence electrons. The molecule has 0 radical (unpaired) electrons. The molecule has 0 bridgehead atoms. The lowest BCUT2D eigenvalue weighted by Crippen LogP contribution is -2.18. The molecule has 0 aliphatic carbocycles. The Kier molecular flexibility index (Phi) is 2.75. The molecule has 1 atom stereocenters. The summed E-state index contributed by atoms with van der Waals surface area (Å²) in [6, 6.07) is 0.0902. The molecule has 0 amide bonds. The zero-order valence-electron chi connectivity index (χ0n) is 10.2. The van der Waals surface area contributed by atoms with Crippen molar-refractivity contribution in [3.05, 3.63) is 30.4 Å². The number of hydrogen-bond donors (Lipinski definition) is 1. The Labute approximate surface area is 101 Å². The molecule has 0 saturated carbocycles. The number of nitrogens with two attached hydrogens (primary N) is 1. The Morgan fingerprint density at radius 1 is 1.35 bits per heavy atom. The van der Waals surface area contributed by atoms with E-state index < -0.39 is 0 Å². The molecule has 2 heterocycles. The highest BCUT2D eigenvalue weighted by molar-refractivity contribution is 5.82. The first-order chi connectivity index (χ1) is 8.08. The van der Waals surface area contributed by atoms with Crippen LogP contribution >= 0.6 is 0 Å². The van der Waals surface area contributed by atoms with Crippen molar-refractivity contribution >= 4 is 18.0 Å². The molecule has 0 fully saturated rings. The molecule has 1 unspecified atom stereocenters. The second kappa shape index (κ2) is 4.08. The zero-order chi connectivity index (χ0) is 12.6. The van der Waals surface area contributed by atoms with Gasteiger partial charge in [-0.15, -0.1) is 0 Å². The molecule has 1 aliphatic heterocycles. The van der Waals surface area contributed by atoms with Gasteiger partial charge in [0.2, 0.25) is 0 Å². The minimum atomic E-state index is 0.0902. The minimum Gasteiger partial charge on any atom is -0.386 e. The van der Waals surface area contributed by atoms with Gasteiger partial charge < -0.3 is 10.3 Å². The topological polar surface area (TPSA) is 59.4 Å². The number of nitrogens with zero attached hydrogens (tertiary/aromatic N) is 4. The predicted octanol–water partition coefficient (Wildman–Crippen LogP) is 1.35. The largest absolute Gasteiger partial charge is 0.386 e. The summed E-state index contributed by atoms with van der Waals surface area (Å²) >= 11 is 0. The van der Waals surface area contributed by atoms with Crippen LogP contribution in [0.25, 0.3) is 12.2 Å². The van der Waals surface area contributed by atoms with E-state index >= 15 is 0 Å². The third-order valence-corrected chi connectivity index (χ3v) is 3.03. The van der Waals surface area contributed by atoms with Crippen LogP contribution in [0.5, 0.6) is 0 Å². The predicted molar refractivity (Wildman–Crippen MR) is 70.1 cm³/mol. The maximum absolute atomic E-state index is 5.74. The first-order valence-electron chi connectivity index (χ1n) is 5.45. The molecule has 0 saturated heterocycles. The second-order valence-electron chi connectivity index (χ2n) is 4.09. The molecule has 1 aromatic rings. The Bertz CT molecular complexity index is 497. The quantitative estimate of drug-likeness (QED) is 0.854. The van der Waals surface area contributed by atoms with Crippen LogP contribution in [0, 0.1) is 0 Å². The number of aromatic nitrogens is 2. The number of hydrogen-bond acceptors (Lipinski definition) is 4. The molecule has 17 heavy (non-hydrogen) atoms. The average Bonchev–Trinajstić information content (AvgIpc) is 2.78. The Morgan fingerprint density at radius 3 is 2.47 bits per heavy atom. The summed E-state index contributed by atoms with van der Waals surface area (Å²) < 4.78 is 2.01. The van der Waals surface area contributed by atoms with Gasteiger partial charge in [0, 0.05) is 20.5 Å². The maximum Gasteiger partial charge on any atom is 0.134 e. The number of amidine groups is 1. The van der Waals surface area contributed by atoms with Crippen molar-refractivity contribution in [1.82, 2.24) is 14.6 Å². The van der Waals surface area contributed by atoms with Gasteiger partial charge in [0.25, 0.3) is 0 Å². The van der Waals surface area contributed by atoms with Crippen molar-refractivity contribution < 1.29 is 0 Å². The van der Waals surface area contributed by atoms with Gasteiger partial charge in [0.05, 0.1) is 11.4 Å². The van der Waals surface area contributed by atoms with E-state index in [2.05, 4.69) is 23.2 Å². The Morgan fingerprint density at radius 2 is 2.06 bits per heavy atom. The van der Waals surface area contributed by atoms with Crippen LogP contribution in [0.1, 0.15) is 29.7 Å². The van der Waals surface area contributed by atoms with Crippen LogP contribution < -0.4 is 5.73 Å². The fraction of sp³-hybridized carbons (Fsp3) is 0.333. The Hall–Kier alpha value is -2.04. The lowest BCUT2D eigenvalue weighted by Gasteiger charge is -2.18. The fourth-order valence-corrected chi connectivity index (χ4v) is 2.14. The lowest BCUT2D eigenvalue weighted by molar-refractivity contribution is 0.274. The van der Waals surface area contributed by atoms with Gasteiger partial charge in [-0.2, -0.15) is 5.10 Å². The first-order valence-corrected chi connectivity index (χ1v) is 5.45. The van der Waals surface area contributed by atoms with Crippen molar-refractivity contribution in [2.45, 2.75) is 12.5 Å². The minimum absolute atomic E-state index is 0.0902. The van der Waals surface area contributed by atoms with Crippen molar-refractivity contribution in [3.63, 3.8) is 0 Å². The molecule has 5 nitrogen and oxygen atoms in total.